The van der Waals surface area contributed by atoms with E-state index in [1.54, 1.807) is 0 Å². The number of amides is 1. The Morgan fingerprint density at radius 3 is 2.90 bits per heavy atom. The van der Waals surface area contributed by atoms with Gasteiger partial charge in [0.25, 0.3) is 0 Å². The van der Waals surface area contributed by atoms with Gasteiger partial charge in [0.1, 0.15) is 0 Å². The summed E-state index contributed by atoms with van der Waals surface area (Å²) in [5.74, 6) is 6.91. The molecule has 1 aliphatic rings. The Balaban J connectivity index is 1.97. The first-order valence-corrected chi connectivity index (χ1v) is 7.55. The minimum atomic E-state index is 0.0863. The minimum absolute atomic E-state index is 0.0863. The Bertz CT molecular complexity index is 552. The average Bonchev–Trinajstić information content (AvgIpc) is 3.31. The first kappa shape index (κ1) is 15.6. The SMILES string of the molecule is CC(C(=O)N(C)Cc1cccc(C#CCCO)c1)C1CC1. The summed E-state index contributed by atoms with van der Waals surface area (Å²) in [6, 6.07) is 7.93. The molecule has 1 atom stereocenters. The Morgan fingerprint density at radius 2 is 2.24 bits per heavy atom. The Labute approximate surface area is 127 Å². The molecule has 0 aromatic heterocycles. The van der Waals surface area contributed by atoms with E-state index < -0.39 is 0 Å². The number of rotatable bonds is 5. The van der Waals surface area contributed by atoms with E-state index in [0.717, 1.165) is 11.1 Å². The number of aliphatic hydroxyl groups is 1. The lowest BCUT2D eigenvalue weighted by molar-refractivity contribution is -0.134. The summed E-state index contributed by atoms with van der Waals surface area (Å²) in [7, 11) is 1.87. The third kappa shape index (κ3) is 4.61. The standard InChI is InChI=1S/C18H23NO2/c1-14(17-9-10-17)18(21)19(2)13-16-8-5-7-15(12-16)6-3-4-11-20/h5,7-8,12,14,17,20H,4,9-11,13H2,1-2H3. The van der Waals surface area contributed by atoms with Crippen LogP contribution in [0.25, 0.3) is 0 Å². The molecule has 1 N–H and O–H groups in total. The first-order valence-electron chi connectivity index (χ1n) is 7.55. The first-order chi connectivity index (χ1) is 10.1. The highest BCUT2D eigenvalue weighted by molar-refractivity contribution is 5.78. The van der Waals surface area contributed by atoms with Crippen molar-refractivity contribution in [3.63, 3.8) is 0 Å². The predicted octanol–water partition coefficient (Wildman–Crippen LogP) is 2.43. The van der Waals surface area contributed by atoms with Crippen LogP contribution in [0, 0.1) is 23.7 Å². The van der Waals surface area contributed by atoms with Crippen molar-refractivity contribution in [2.75, 3.05) is 13.7 Å². The molecule has 1 unspecified atom stereocenters. The number of hydrogen-bond donors (Lipinski definition) is 1. The van der Waals surface area contributed by atoms with E-state index in [2.05, 4.69) is 11.8 Å². The topological polar surface area (TPSA) is 40.5 Å². The number of nitrogens with zero attached hydrogens (tertiary/aromatic N) is 1. The quantitative estimate of drug-likeness (QED) is 0.844. The molecule has 0 bridgehead atoms. The zero-order valence-corrected chi connectivity index (χ0v) is 12.8. The second kappa shape index (κ2) is 7.28. The minimum Gasteiger partial charge on any atom is -0.395 e. The molecule has 1 aromatic rings. The largest absolute Gasteiger partial charge is 0.395 e. The van der Waals surface area contributed by atoms with Crippen molar-refractivity contribution >= 4 is 5.91 Å². The van der Waals surface area contributed by atoms with E-state index in [-0.39, 0.29) is 18.4 Å². The van der Waals surface area contributed by atoms with Crippen molar-refractivity contribution in [3.05, 3.63) is 35.4 Å². The van der Waals surface area contributed by atoms with Gasteiger partial charge in [-0.3, -0.25) is 4.79 Å². The Morgan fingerprint density at radius 1 is 1.48 bits per heavy atom. The number of benzene rings is 1. The summed E-state index contributed by atoms with van der Waals surface area (Å²) in [6.07, 6.45) is 2.87. The fourth-order valence-electron chi connectivity index (χ4n) is 2.47. The van der Waals surface area contributed by atoms with Crippen molar-refractivity contribution in [1.82, 2.24) is 4.90 Å². The second-order valence-electron chi connectivity index (χ2n) is 5.80. The molecule has 1 aromatic carbocycles. The summed E-state index contributed by atoms with van der Waals surface area (Å²) < 4.78 is 0. The molecule has 1 aliphatic carbocycles. The second-order valence-corrected chi connectivity index (χ2v) is 5.80. The number of hydrogen-bond acceptors (Lipinski definition) is 2. The summed E-state index contributed by atoms with van der Waals surface area (Å²) in [5.41, 5.74) is 2.02. The van der Waals surface area contributed by atoms with Crippen LogP contribution in [0.3, 0.4) is 0 Å². The third-order valence-corrected chi connectivity index (χ3v) is 3.91. The lowest BCUT2D eigenvalue weighted by Crippen LogP contribution is -2.32. The molecule has 0 heterocycles. The molecule has 1 saturated carbocycles. The van der Waals surface area contributed by atoms with Crippen LogP contribution in [-0.2, 0) is 11.3 Å². The van der Waals surface area contributed by atoms with Gasteiger partial charge in [-0.2, -0.15) is 0 Å². The van der Waals surface area contributed by atoms with Gasteiger partial charge < -0.3 is 10.0 Å². The molecule has 1 fully saturated rings. The molecule has 0 spiro atoms. The van der Waals surface area contributed by atoms with Gasteiger partial charge in [-0.25, -0.2) is 0 Å². The molecule has 21 heavy (non-hydrogen) atoms. The Kier molecular flexibility index (Phi) is 5.41. The highest BCUT2D eigenvalue weighted by Crippen LogP contribution is 2.37. The highest BCUT2D eigenvalue weighted by Gasteiger charge is 2.33. The van der Waals surface area contributed by atoms with Crippen molar-refractivity contribution < 1.29 is 9.90 Å². The van der Waals surface area contributed by atoms with Crippen LogP contribution in [0.5, 0.6) is 0 Å². The molecule has 0 radical (unpaired) electrons. The van der Waals surface area contributed by atoms with Crippen LogP contribution in [0.1, 0.15) is 37.3 Å². The maximum Gasteiger partial charge on any atom is 0.225 e. The zero-order valence-electron chi connectivity index (χ0n) is 12.8. The van der Waals surface area contributed by atoms with Gasteiger partial charge in [0.2, 0.25) is 5.91 Å². The maximum absolute atomic E-state index is 12.3. The van der Waals surface area contributed by atoms with Crippen LogP contribution in [0.4, 0.5) is 0 Å². The van der Waals surface area contributed by atoms with Crippen LogP contribution in [-0.4, -0.2) is 29.6 Å². The van der Waals surface area contributed by atoms with Gasteiger partial charge in [0, 0.05) is 31.5 Å². The van der Waals surface area contributed by atoms with E-state index >= 15 is 0 Å². The fraction of sp³-hybridized carbons (Fsp3) is 0.500. The number of carbonyl (C=O) groups is 1. The van der Waals surface area contributed by atoms with E-state index in [1.807, 2.05) is 43.1 Å². The zero-order chi connectivity index (χ0) is 15.2. The Hall–Kier alpha value is -1.79. The fourth-order valence-corrected chi connectivity index (χ4v) is 2.47. The smallest absolute Gasteiger partial charge is 0.225 e. The van der Waals surface area contributed by atoms with Crippen LogP contribution in [0.15, 0.2) is 24.3 Å². The van der Waals surface area contributed by atoms with Crippen molar-refractivity contribution in [2.24, 2.45) is 11.8 Å². The van der Waals surface area contributed by atoms with Gasteiger partial charge in [-0.15, -0.1) is 0 Å². The molecular weight excluding hydrogens is 262 g/mol. The molecule has 3 heteroatoms. The van der Waals surface area contributed by atoms with Crippen molar-refractivity contribution in [3.8, 4) is 11.8 Å². The van der Waals surface area contributed by atoms with Crippen molar-refractivity contribution in [2.45, 2.75) is 32.7 Å². The monoisotopic (exact) mass is 285 g/mol. The molecular formula is C18H23NO2. The summed E-state index contributed by atoms with van der Waals surface area (Å²) in [6.45, 7) is 2.74. The normalized spacial score (nSPS) is 15.0. The summed E-state index contributed by atoms with van der Waals surface area (Å²) in [5, 5.41) is 8.73. The van der Waals surface area contributed by atoms with Gasteiger partial charge in [-0.1, -0.05) is 30.9 Å². The molecule has 3 nitrogen and oxygen atoms in total. The number of carbonyl (C=O) groups excluding carboxylic acids is 1. The molecule has 112 valence electrons. The molecule has 0 aliphatic heterocycles. The van der Waals surface area contributed by atoms with Crippen molar-refractivity contribution in [1.29, 1.82) is 0 Å². The van der Waals surface area contributed by atoms with Gasteiger partial charge in [0.05, 0.1) is 6.61 Å². The lowest BCUT2D eigenvalue weighted by atomic mass is 10.0. The van der Waals surface area contributed by atoms with Crippen LogP contribution < -0.4 is 0 Å². The van der Waals surface area contributed by atoms with Gasteiger partial charge in [-0.05, 0) is 36.5 Å². The number of aliphatic hydroxyl groups excluding tert-OH is 1. The van der Waals surface area contributed by atoms with E-state index in [9.17, 15) is 4.79 Å². The van der Waals surface area contributed by atoms with E-state index in [4.69, 9.17) is 5.11 Å². The van der Waals surface area contributed by atoms with E-state index in [0.29, 0.717) is 18.9 Å². The third-order valence-electron chi connectivity index (χ3n) is 3.91. The van der Waals surface area contributed by atoms with Gasteiger partial charge in [0.15, 0.2) is 0 Å². The van der Waals surface area contributed by atoms with E-state index in [1.165, 1.54) is 12.8 Å². The molecule has 2 rings (SSSR count). The summed E-state index contributed by atoms with van der Waals surface area (Å²) in [4.78, 5) is 14.1. The van der Waals surface area contributed by atoms with Crippen LogP contribution in [0.2, 0.25) is 0 Å². The van der Waals surface area contributed by atoms with Gasteiger partial charge >= 0.3 is 0 Å². The lowest BCUT2D eigenvalue weighted by Gasteiger charge is -2.21. The highest BCUT2D eigenvalue weighted by atomic mass is 16.2. The van der Waals surface area contributed by atoms with Crippen LogP contribution >= 0.6 is 0 Å². The predicted molar refractivity (Wildman–Crippen MR) is 83.4 cm³/mol. The average molecular weight is 285 g/mol. The summed E-state index contributed by atoms with van der Waals surface area (Å²) >= 11 is 0. The maximum atomic E-state index is 12.3. The molecule has 0 saturated heterocycles. The molecule has 1 amide bonds.